The lowest BCUT2D eigenvalue weighted by molar-refractivity contribution is -0.151. The molecular formula is C6H6N2O2S. The molecule has 58 valence electrons. The second kappa shape index (κ2) is 2.01. The van der Waals surface area contributed by atoms with E-state index in [4.69, 9.17) is 5.73 Å². The van der Waals surface area contributed by atoms with Gasteiger partial charge in [-0.3, -0.25) is 9.59 Å². The predicted molar refractivity (Wildman–Crippen MR) is 40.0 cm³/mol. The van der Waals surface area contributed by atoms with Crippen molar-refractivity contribution in [3.05, 3.63) is 11.6 Å². The Morgan fingerprint density at radius 1 is 1.73 bits per heavy atom. The number of amides is 2. The molecule has 0 bridgehead atoms. The summed E-state index contributed by atoms with van der Waals surface area (Å²) >= 11 is 1.46. The van der Waals surface area contributed by atoms with Gasteiger partial charge in [-0.05, 0) is 5.41 Å². The summed E-state index contributed by atoms with van der Waals surface area (Å²) in [5.74, 6) is -1.30. The lowest BCUT2D eigenvalue weighted by atomic mass is 9.98. The molecule has 0 aromatic carbocycles. The van der Waals surface area contributed by atoms with E-state index in [9.17, 15) is 9.59 Å². The molecule has 2 aliphatic rings. The first kappa shape index (κ1) is 6.72. The SMILES string of the molecule is NC(=O)C1C(=O)N2C=CS[C@@H]12. The van der Waals surface area contributed by atoms with Crippen LogP contribution >= 0.6 is 11.8 Å². The van der Waals surface area contributed by atoms with Crippen LogP contribution in [0.25, 0.3) is 0 Å². The molecule has 2 heterocycles. The van der Waals surface area contributed by atoms with E-state index in [2.05, 4.69) is 0 Å². The number of primary amides is 1. The molecule has 0 spiro atoms. The Kier molecular flexibility index (Phi) is 1.23. The zero-order valence-corrected chi connectivity index (χ0v) is 6.38. The van der Waals surface area contributed by atoms with Crippen molar-refractivity contribution in [2.24, 2.45) is 11.7 Å². The zero-order chi connectivity index (χ0) is 8.01. The van der Waals surface area contributed by atoms with Gasteiger partial charge in [0, 0.05) is 6.20 Å². The number of thioether (sulfide) groups is 1. The molecule has 0 aromatic heterocycles. The molecule has 1 saturated heterocycles. The van der Waals surface area contributed by atoms with Gasteiger partial charge in [0.25, 0.3) is 0 Å². The first-order chi connectivity index (χ1) is 5.22. The highest BCUT2D eigenvalue weighted by Gasteiger charge is 2.51. The third-order valence-corrected chi connectivity index (χ3v) is 2.88. The molecule has 2 rings (SSSR count). The summed E-state index contributed by atoms with van der Waals surface area (Å²) in [5.41, 5.74) is 5.02. The number of nitrogens with two attached hydrogens (primary N) is 1. The molecule has 2 aliphatic heterocycles. The maximum atomic E-state index is 11.0. The monoisotopic (exact) mass is 170 g/mol. The van der Waals surface area contributed by atoms with Crippen LogP contribution in [0.5, 0.6) is 0 Å². The summed E-state index contributed by atoms with van der Waals surface area (Å²) in [5, 5.41) is 1.74. The van der Waals surface area contributed by atoms with Crippen molar-refractivity contribution in [1.29, 1.82) is 0 Å². The Balaban J connectivity index is 2.19. The number of fused-ring (bicyclic) bond motifs is 1. The van der Waals surface area contributed by atoms with Crippen molar-refractivity contribution in [3.63, 3.8) is 0 Å². The minimum absolute atomic E-state index is 0.0556. The normalized spacial score (nSPS) is 33.5. The molecule has 0 saturated carbocycles. The minimum atomic E-state index is -0.602. The van der Waals surface area contributed by atoms with Gasteiger partial charge in [0.15, 0.2) is 0 Å². The number of rotatable bonds is 1. The van der Waals surface area contributed by atoms with E-state index in [1.54, 1.807) is 11.6 Å². The molecule has 11 heavy (non-hydrogen) atoms. The zero-order valence-electron chi connectivity index (χ0n) is 5.56. The molecule has 0 radical (unpaired) electrons. The molecular weight excluding hydrogens is 164 g/mol. The van der Waals surface area contributed by atoms with Gasteiger partial charge in [0.05, 0.1) is 0 Å². The van der Waals surface area contributed by atoms with Crippen LogP contribution in [-0.4, -0.2) is 22.1 Å². The Morgan fingerprint density at radius 2 is 2.45 bits per heavy atom. The van der Waals surface area contributed by atoms with Crippen molar-refractivity contribution in [3.8, 4) is 0 Å². The molecule has 1 fully saturated rings. The van der Waals surface area contributed by atoms with Crippen LogP contribution in [0, 0.1) is 5.92 Å². The van der Waals surface area contributed by atoms with Crippen molar-refractivity contribution < 1.29 is 9.59 Å². The molecule has 0 aliphatic carbocycles. The first-order valence-corrected chi connectivity index (χ1v) is 4.10. The first-order valence-electron chi connectivity index (χ1n) is 3.15. The molecule has 0 aromatic rings. The van der Waals surface area contributed by atoms with Gasteiger partial charge < -0.3 is 10.6 Å². The standard InChI is InChI=1S/C6H6N2O2S/c7-4(9)3-5(10)8-1-2-11-6(3)8/h1-3,6H,(H2,7,9)/t3?,6-/m0/s1. The highest BCUT2D eigenvalue weighted by molar-refractivity contribution is 8.03. The van der Waals surface area contributed by atoms with Gasteiger partial charge in [-0.15, -0.1) is 11.8 Å². The molecule has 1 unspecified atom stereocenters. The van der Waals surface area contributed by atoms with E-state index in [1.807, 2.05) is 0 Å². The van der Waals surface area contributed by atoms with E-state index in [0.717, 1.165) is 0 Å². The number of β-lactam (4-membered cyclic amide) rings is 1. The maximum Gasteiger partial charge on any atom is 0.243 e. The van der Waals surface area contributed by atoms with Gasteiger partial charge in [-0.2, -0.15) is 0 Å². The summed E-state index contributed by atoms with van der Waals surface area (Å²) in [6.45, 7) is 0. The van der Waals surface area contributed by atoms with Gasteiger partial charge >= 0.3 is 0 Å². The smallest absolute Gasteiger partial charge is 0.243 e. The van der Waals surface area contributed by atoms with Gasteiger partial charge in [0.1, 0.15) is 11.3 Å². The van der Waals surface area contributed by atoms with Crippen LogP contribution in [-0.2, 0) is 9.59 Å². The summed E-state index contributed by atoms with van der Waals surface area (Å²) < 4.78 is 0. The molecule has 5 heteroatoms. The molecule has 2 N–H and O–H groups in total. The van der Waals surface area contributed by atoms with E-state index in [-0.39, 0.29) is 11.3 Å². The van der Waals surface area contributed by atoms with Gasteiger partial charge in [0.2, 0.25) is 11.8 Å². The summed E-state index contributed by atoms with van der Waals surface area (Å²) in [7, 11) is 0. The van der Waals surface area contributed by atoms with Crippen LogP contribution in [0.15, 0.2) is 11.6 Å². The Labute approximate surface area is 67.4 Å². The van der Waals surface area contributed by atoms with E-state index >= 15 is 0 Å². The number of hydrogen-bond acceptors (Lipinski definition) is 3. The highest BCUT2D eigenvalue weighted by Crippen LogP contribution is 2.40. The topological polar surface area (TPSA) is 63.4 Å². The van der Waals surface area contributed by atoms with Crippen LogP contribution in [0.2, 0.25) is 0 Å². The molecule has 2 atom stereocenters. The lowest BCUT2D eigenvalue weighted by Crippen LogP contribution is -2.59. The number of hydrogen-bond donors (Lipinski definition) is 1. The fourth-order valence-electron chi connectivity index (χ4n) is 1.23. The summed E-state index contributed by atoms with van der Waals surface area (Å²) in [4.78, 5) is 23.2. The van der Waals surface area contributed by atoms with Crippen LogP contribution < -0.4 is 5.73 Å². The van der Waals surface area contributed by atoms with Crippen molar-refractivity contribution in [2.45, 2.75) is 5.37 Å². The molecule has 2 amide bonds. The predicted octanol–water partition coefficient (Wildman–Crippen LogP) is -0.526. The summed E-state index contributed by atoms with van der Waals surface area (Å²) in [6.07, 6.45) is 1.68. The quantitative estimate of drug-likeness (QED) is 0.425. The van der Waals surface area contributed by atoms with Crippen LogP contribution in [0.3, 0.4) is 0 Å². The highest BCUT2D eigenvalue weighted by atomic mass is 32.2. The largest absolute Gasteiger partial charge is 0.369 e. The van der Waals surface area contributed by atoms with Crippen molar-refractivity contribution >= 4 is 23.6 Å². The number of nitrogens with zero attached hydrogens (tertiary/aromatic N) is 1. The van der Waals surface area contributed by atoms with Crippen molar-refractivity contribution in [1.82, 2.24) is 4.90 Å². The maximum absolute atomic E-state index is 11.0. The number of carbonyl (C=O) groups excluding carboxylic acids is 2. The van der Waals surface area contributed by atoms with Crippen molar-refractivity contribution in [2.75, 3.05) is 0 Å². The fourth-order valence-corrected chi connectivity index (χ4v) is 2.31. The third kappa shape index (κ3) is 0.712. The lowest BCUT2D eigenvalue weighted by Gasteiger charge is -2.38. The second-order valence-corrected chi connectivity index (χ2v) is 3.46. The van der Waals surface area contributed by atoms with E-state index < -0.39 is 11.8 Å². The van der Waals surface area contributed by atoms with Gasteiger partial charge in [-0.25, -0.2) is 0 Å². The van der Waals surface area contributed by atoms with E-state index in [1.165, 1.54) is 16.7 Å². The van der Waals surface area contributed by atoms with E-state index in [0.29, 0.717) is 0 Å². The average molecular weight is 170 g/mol. The number of carbonyl (C=O) groups is 2. The fraction of sp³-hybridized carbons (Fsp3) is 0.333. The van der Waals surface area contributed by atoms with Crippen LogP contribution in [0.4, 0.5) is 0 Å². The Morgan fingerprint density at radius 3 is 3.09 bits per heavy atom. The summed E-state index contributed by atoms with van der Waals surface area (Å²) in [6, 6.07) is 0. The molecule has 4 nitrogen and oxygen atoms in total. The average Bonchev–Trinajstić information content (AvgIpc) is 2.30. The third-order valence-electron chi connectivity index (χ3n) is 1.83. The minimum Gasteiger partial charge on any atom is -0.369 e. The second-order valence-electron chi connectivity index (χ2n) is 2.44. The van der Waals surface area contributed by atoms with Crippen LogP contribution in [0.1, 0.15) is 0 Å². The Hall–Kier alpha value is -0.970. The van der Waals surface area contributed by atoms with Gasteiger partial charge in [-0.1, -0.05) is 0 Å². The Bertz CT molecular complexity index is 263.